The molecule has 4 atom stereocenters. The fourth-order valence-electron chi connectivity index (χ4n) is 6.38. The van der Waals surface area contributed by atoms with Crippen molar-refractivity contribution in [1.29, 1.82) is 0 Å². The van der Waals surface area contributed by atoms with Gasteiger partial charge in [-0.05, 0) is 56.0 Å². The zero-order valence-corrected chi connectivity index (χ0v) is 16.6. The van der Waals surface area contributed by atoms with Gasteiger partial charge >= 0.3 is 0 Å². The van der Waals surface area contributed by atoms with E-state index in [1.807, 2.05) is 48.5 Å². The second-order valence-corrected chi connectivity index (χ2v) is 8.88. The lowest BCUT2D eigenvalue weighted by molar-refractivity contribution is -0.128. The molecule has 28 heavy (non-hydrogen) atoms. The molecule has 0 aromatic heterocycles. The second-order valence-electron chi connectivity index (χ2n) is 8.88. The lowest BCUT2D eigenvalue weighted by Gasteiger charge is -2.41. The molecule has 0 aliphatic heterocycles. The van der Waals surface area contributed by atoms with Crippen LogP contribution in [0, 0.1) is 11.8 Å². The number of likely N-dealkylation sites (N-methyl/N-ethyl adjacent to an activating group) is 1. The Morgan fingerprint density at radius 1 is 0.964 bits per heavy atom. The van der Waals surface area contributed by atoms with E-state index in [-0.39, 0.29) is 11.7 Å². The van der Waals surface area contributed by atoms with Gasteiger partial charge in [-0.3, -0.25) is 9.69 Å². The monoisotopic (exact) mass is 373 g/mol. The van der Waals surface area contributed by atoms with E-state index in [0.717, 1.165) is 48.0 Å². The summed E-state index contributed by atoms with van der Waals surface area (Å²) < 4.78 is 0. The number of aliphatic hydroxyl groups is 1. The fourth-order valence-corrected chi connectivity index (χ4v) is 6.38. The minimum absolute atomic E-state index is 0.116. The summed E-state index contributed by atoms with van der Waals surface area (Å²) in [6, 6.07) is 20.3. The zero-order chi connectivity index (χ0) is 19.5. The summed E-state index contributed by atoms with van der Waals surface area (Å²) in [6.45, 7) is 0. The van der Waals surface area contributed by atoms with Crippen molar-refractivity contribution in [3.05, 3.63) is 71.8 Å². The number of hydrogen-bond acceptors (Lipinski definition) is 3. The van der Waals surface area contributed by atoms with Gasteiger partial charge in [0.1, 0.15) is 0 Å². The normalized spacial score (nSPS) is 34.2. The predicted molar refractivity (Wildman–Crippen MR) is 112 cm³/mol. The Bertz CT molecular complexity index is 949. The van der Waals surface area contributed by atoms with Crippen LogP contribution in [0.2, 0.25) is 0 Å². The van der Waals surface area contributed by atoms with E-state index in [1.165, 1.54) is 0 Å². The molecule has 3 aliphatic carbocycles. The molecule has 1 N–H and O–H groups in total. The van der Waals surface area contributed by atoms with Crippen LogP contribution in [0.1, 0.15) is 36.8 Å². The summed E-state index contributed by atoms with van der Waals surface area (Å²) in [5.74, 6) is -0.0848. The highest BCUT2D eigenvalue weighted by atomic mass is 16.3. The number of nitrogens with zero attached hydrogens (tertiary/aromatic N) is 1. The van der Waals surface area contributed by atoms with Gasteiger partial charge in [0.25, 0.3) is 0 Å². The third kappa shape index (κ3) is 2.15. The van der Waals surface area contributed by atoms with Crippen LogP contribution in [0.15, 0.2) is 60.7 Å². The van der Waals surface area contributed by atoms with Crippen LogP contribution in [-0.4, -0.2) is 41.0 Å². The molecule has 144 valence electrons. The average molecular weight is 373 g/mol. The van der Waals surface area contributed by atoms with Crippen molar-refractivity contribution in [2.45, 2.75) is 36.8 Å². The summed E-state index contributed by atoms with van der Waals surface area (Å²) in [5.41, 5.74) is 2.60. The van der Waals surface area contributed by atoms with Crippen molar-refractivity contribution in [2.75, 3.05) is 14.1 Å². The van der Waals surface area contributed by atoms with E-state index >= 15 is 0 Å². The summed E-state index contributed by atoms with van der Waals surface area (Å²) in [7, 11) is 4.14. The van der Waals surface area contributed by atoms with Gasteiger partial charge in [-0.1, -0.05) is 67.1 Å². The maximum absolute atomic E-state index is 14.0. The molecule has 0 unspecified atom stereocenters. The number of ketones is 1. The van der Waals surface area contributed by atoms with Crippen LogP contribution in [0.5, 0.6) is 0 Å². The van der Waals surface area contributed by atoms with E-state index in [2.05, 4.69) is 31.1 Å². The highest BCUT2D eigenvalue weighted by molar-refractivity contribution is 6.34. The molecule has 2 fully saturated rings. The molecule has 3 nitrogen and oxygen atoms in total. The molecule has 3 heteroatoms. The van der Waals surface area contributed by atoms with Crippen LogP contribution in [-0.2, 0) is 4.79 Å². The molecular weight excluding hydrogens is 346 g/mol. The minimum atomic E-state index is -0.891. The lowest BCUT2D eigenvalue weighted by atomic mass is 9.76. The number of fused-ring (bicyclic) bond motifs is 3. The molecule has 0 bridgehead atoms. The number of allylic oxidation sites excluding steroid dienone is 1. The van der Waals surface area contributed by atoms with Gasteiger partial charge in [0.05, 0.1) is 17.1 Å². The number of hydrogen-bond donors (Lipinski definition) is 1. The Kier molecular flexibility index (Phi) is 3.91. The van der Waals surface area contributed by atoms with Gasteiger partial charge in [-0.2, -0.15) is 0 Å². The summed E-state index contributed by atoms with van der Waals surface area (Å²) in [5, 5.41) is 11.7. The molecule has 2 aromatic carbocycles. The Hall–Kier alpha value is -2.23. The van der Waals surface area contributed by atoms with E-state index in [0.29, 0.717) is 0 Å². The van der Waals surface area contributed by atoms with Crippen LogP contribution in [0.4, 0.5) is 0 Å². The molecule has 2 saturated carbocycles. The van der Waals surface area contributed by atoms with Crippen molar-refractivity contribution < 1.29 is 9.90 Å². The first kappa shape index (κ1) is 17.8. The van der Waals surface area contributed by atoms with E-state index < -0.39 is 17.1 Å². The van der Waals surface area contributed by atoms with Gasteiger partial charge < -0.3 is 5.11 Å². The molecule has 0 amide bonds. The fraction of sp³-hybridized carbons (Fsp3) is 0.400. The topological polar surface area (TPSA) is 40.5 Å². The Morgan fingerprint density at radius 2 is 1.57 bits per heavy atom. The maximum atomic E-state index is 14.0. The van der Waals surface area contributed by atoms with E-state index in [4.69, 9.17) is 0 Å². The van der Waals surface area contributed by atoms with Crippen LogP contribution in [0.3, 0.4) is 0 Å². The van der Waals surface area contributed by atoms with Crippen molar-refractivity contribution in [3.63, 3.8) is 0 Å². The van der Waals surface area contributed by atoms with Crippen LogP contribution >= 0.6 is 0 Å². The van der Waals surface area contributed by atoms with Crippen molar-refractivity contribution in [1.82, 2.24) is 4.90 Å². The highest BCUT2D eigenvalue weighted by Gasteiger charge is 2.71. The second kappa shape index (κ2) is 6.13. The minimum Gasteiger partial charge on any atom is -0.389 e. The van der Waals surface area contributed by atoms with E-state index in [1.54, 1.807) is 0 Å². The van der Waals surface area contributed by atoms with Gasteiger partial charge in [-0.15, -0.1) is 0 Å². The molecule has 2 aromatic rings. The smallest absolute Gasteiger partial charge is 0.172 e. The first-order valence-electron chi connectivity index (χ1n) is 10.3. The predicted octanol–water partition coefficient (Wildman–Crippen LogP) is 4.03. The first-order valence-corrected chi connectivity index (χ1v) is 10.3. The Morgan fingerprint density at radius 3 is 2.18 bits per heavy atom. The summed E-state index contributed by atoms with van der Waals surface area (Å²) in [6.07, 6.45) is 3.59. The van der Waals surface area contributed by atoms with Gasteiger partial charge in [-0.25, -0.2) is 0 Å². The molecule has 5 rings (SSSR count). The van der Waals surface area contributed by atoms with Crippen LogP contribution in [0.25, 0.3) is 11.1 Å². The Labute approximate surface area is 166 Å². The average Bonchev–Trinajstić information content (AvgIpc) is 3.27. The first-order chi connectivity index (χ1) is 13.5. The Balaban J connectivity index is 1.83. The third-order valence-electron chi connectivity index (χ3n) is 7.49. The number of rotatable bonds is 3. The largest absolute Gasteiger partial charge is 0.389 e. The molecule has 0 spiro atoms. The quantitative estimate of drug-likeness (QED) is 0.883. The summed E-state index contributed by atoms with van der Waals surface area (Å²) in [4.78, 5) is 16.2. The third-order valence-corrected chi connectivity index (χ3v) is 7.49. The number of carbonyl (C=O) groups is 1. The summed E-state index contributed by atoms with van der Waals surface area (Å²) >= 11 is 0. The van der Waals surface area contributed by atoms with Gasteiger partial charge in [0.15, 0.2) is 5.78 Å². The van der Waals surface area contributed by atoms with Crippen molar-refractivity contribution in [2.24, 2.45) is 11.8 Å². The standard InChI is InChI=1S/C25H27NO2/c1-26(2)24-16-19-14-9-15-25(19,28)23(24)22(27)20(17-10-5-3-6-11-17)21(24)18-12-7-4-8-13-18/h3-8,10-13,19,23,28H,9,14-16H2,1-2H3/t19-,23+,24+,25+/m0/s1. The number of benzene rings is 2. The molecular formula is C25H27NO2. The van der Waals surface area contributed by atoms with Gasteiger partial charge in [0.2, 0.25) is 0 Å². The molecule has 0 saturated heterocycles. The van der Waals surface area contributed by atoms with E-state index in [9.17, 15) is 9.90 Å². The SMILES string of the molecule is CN(C)[C@@]12C[C@@H]3CCC[C@]3(O)[C@@H]1C(=O)C(c1ccccc1)=C2c1ccccc1. The van der Waals surface area contributed by atoms with Gasteiger partial charge in [0, 0.05) is 5.57 Å². The molecule has 3 aliphatic rings. The number of Topliss-reactive ketones (excluding diaryl/α,β-unsaturated/α-hetero) is 1. The lowest BCUT2D eigenvalue weighted by Crippen LogP contribution is -2.52. The van der Waals surface area contributed by atoms with Crippen molar-refractivity contribution >= 4 is 16.9 Å². The van der Waals surface area contributed by atoms with Crippen molar-refractivity contribution in [3.8, 4) is 0 Å². The maximum Gasteiger partial charge on any atom is 0.172 e. The zero-order valence-electron chi connectivity index (χ0n) is 16.6. The van der Waals surface area contributed by atoms with Crippen LogP contribution < -0.4 is 0 Å². The number of carbonyl (C=O) groups excluding carboxylic acids is 1. The molecule has 0 heterocycles. The highest BCUT2D eigenvalue weighted by Crippen LogP contribution is 2.66. The molecule has 0 radical (unpaired) electrons.